The Bertz CT molecular complexity index is 720. The quantitative estimate of drug-likeness (QED) is 0.638. The Kier molecular flexibility index (Phi) is 6.84. The molecule has 2 aromatic rings. The first-order valence-corrected chi connectivity index (χ1v) is 9.15. The average Bonchev–Trinajstić information content (AvgIpc) is 2.57. The summed E-state index contributed by atoms with van der Waals surface area (Å²) in [5.41, 5.74) is 1.51. The van der Waals surface area contributed by atoms with Gasteiger partial charge in [-0.3, -0.25) is 4.79 Å². The summed E-state index contributed by atoms with van der Waals surface area (Å²) < 4.78 is 5.31. The van der Waals surface area contributed by atoms with Gasteiger partial charge in [0, 0.05) is 21.0 Å². The van der Waals surface area contributed by atoms with Gasteiger partial charge in [-0.1, -0.05) is 30.1 Å². The van der Waals surface area contributed by atoms with Crippen LogP contribution in [0.2, 0.25) is 10.0 Å². The highest BCUT2D eigenvalue weighted by Crippen LogP contribution is 2.33. The number of hydrogen-bond acceptors (Lipinski definition) is 3. The van der Waals surface area contributed by atoms with E-state index in [1.165, 1.54) is 11.8 Å². The number of methoxy groups -OCH3 is 1. The molecule has 0 radical (unpaired) electrons. The first-order valence-electron chi connectivity index (χ1n) is 7.51. The van der Waals surface area contributed by atoms with E-state index in [0.717, 1.165) is 10.5 Å². The van der Waals surface area contributed by atoms with Crippen molar-refractivity contribution in [1.82, 2.24) is 0 Å². The summed E-state index contributed by atoms with van der Waals surface area (Å²) >= 11 is 13.5. The molecule has 0 saturated heterocycles. The zero-order valence-corrected chi connectivity index (χ0v) is 16.1. The number of amides is 1. The Hall–Kier alpha value is -1.36. The molecular formula is C18H19Cl2NO2S. The van der Waals surface area contributed by atoms with E-state index in [4.69, 9.17) is 27.9 Å². The lowest BCUT2D eigenvalue weighted by Crippen LogP contribution is -2.24. The monoisotopic (exact) mass is 383 g/mol. The van der Waals surface area contributed by atoms with Crippen LogP contribution in [0.25, 0.3) is 0 Å². The molecule has 1 amide bonds. The van der Waals surface area contributed by atoms with Crippen LogP contribution in [0.5, 0.6) is 5.75 Å². The van der Waals surface area contributed by atoms with Crippen LogP contribution in [0, 0.1) is 6.92 Å². The number of thioether (sulfide) groups is 1. The first kappa shape index (κ1) is 19.0. The molecule has 128 valence electrons. The molecule has 0 aliphatic heterocycles. The predicted octanol–water partition coefficient (Wildman–Crippen LogP) is 5.82. The third-order valence-corrected chi connectivity index (χ3v) is 5.53. The molecule has 24 heavy (non-hydrogen) atoms. The van der Waals surface area contributed by atoms with E-state index < -0.39 is 0 Å². The van der Waals surface area contributed by atoms with E-state index in [1.807, 2.05) is 44.2 Å². The van der Waals surface area contributed by atoms with Crippen LogP contribution >= 0.6 is 35.0 Å². The molecule has 0 spiro atoms. The van der Waals surface area contributed by atoms with Crippen molar-refractivity contribution < 1.29 is 9.53 Å². The second-order valence-electron chi connectivity index (χ2n) is 5.26. The molecule has 0 fully saturated rings. The van der Waals surface area contributed by atoms with E-state index in [2.05, 4.69) is 5.32 Å². The minimum atomic E-state index is -0.216. The summed E-state index contributed by atoms with van der Waals surface area (Å²) in [5.74, 6) is 0.475. The van der Waals surface area contributed by atoms with Gasteiger partial charge in [-0.15, -0.1) is 11.8 Å². The number of anilines is 1. The summed E-state index contributed by atoms with van der Waals surface area (Å²) in [6.07, 6.45) is 0.702. The van der Waals surface area contributed by atoms with Gasteiger partial charge in [0.05, 0.1) is 18.0 Å². The van der Waals surface area contributed by atoms with Crippen molar-refractivity contribution in [2.24, 2.45) is 0 Å². The molecule has 1 N–H and O–H groups in total. The zero-order chi connectivity index (χ0) is 17.7. The zero-order valence-electron chi connectivity index (χ0n) is 13.7. The van der Waals surface area contributed by atoms with E-state index in [0.29, 0.717) is 27.9 Å². The average molecular weight is 384 g/mol. The number of nitrogens with one attached hydrogen (secondary N) is 1. The van der Waals surface area contributed by atoms with Crippen LogP contribution in [0.3, 0.4) is 0 Å². The highest BCUT2D eigenvalue weighted by atomic mass is 35.5. The molecule has 0 aromatic heterocycles. The second-order valence-corrected chi connectivity index (χ2v) is 7.38. The first-order chi connectivity index (χ1) is 11.4. The molecule has 0 heterocycles. The van der Waals surface area contributed by atoms with Crippen LogP contribution in [-0.4, -0.2) is 18.3 Å². The highest BCUT2D eigenvalue weighted by molar-refractivity contribution is 8.00. The van der Waals surface area contributed by atoms with Gasteiger partial charge in [0.2, 0.25) is 5.91 Å². The normalized spacial score (nSPS) is 11.9. The van der Waals surface area contributed by atoms with Crippen molar-refractivity contribution in [2.45, 2.75) is 30.4 Å². The number of ether oxygens (including phenoxy) is 1. The fourth-order valence-electron chi connectivity index (χ4n) is 2.14. The number of hydrogen-bond donors (Lipinski definition) is 1. The summed E-state index contributed by atoms with van der Waals surface area (Å²) in [4.78, 5) is 13.6. The van der Waals surface area contributed by atoms with E-state index in [9.17, 15) is 4.79 Å². The lowest BCUT2D eigenvalue weighted by Gasteiger charge is -2.17. The minimum Gasteiger partial charge on any atom is -0.495 e. The Labute approximate surface area is 156 Å². The Morgan fingerprint density at radius 1 is 1.25 bits per heavy atom. The van der Waals surface area contributed by atoms with Crippen LogP contribution in [0.1, 0.15) is 18.9 Å². The number of benzene rings is 2. The van der Waals surface area contributed by atoms with Crippen molar-refractivity contribution in [3.05, 3.63) is 52.0 Å². The molecule has 0 aliphatic carbocycles. The van der Waals surface area contributed by atoms with Crippen LogP contribution in [0.4, 0.5) is 5.69 Å². The highest BCUT2D eigenvalue weighted by Gasteiger charge is 2.20. The maximum atomic E-state index is 12.6. The van der Waals surface area contributed by atoms with Crippen LogP contribution in [0.15, 0.2) is 41.3 Å². The third-order valence-electron chi connectivity index (χ3n) is 3.49. The number of carbonyl (C=O) groups excluding carboxylic acids is 1. The Balaban J connectivity index is 2.14. The molecule has 0 saturated carbocycles. The summed E-state index contributed by atoms with van der Waals surface area (Å²) in [6, 6.07) is 11.0. The van der Waals surface area contributed by atoms with Crippen LogP contribution in [-0.2, 0) is 4.79 Å². The molecule has 6 heteroatoms. The summed E-state index contributed by atoms with van der Waals surface area (Å²) in [6.45, 7) is 3.87. The second kappa shape index (κ2) is 8.65. The van der Waals surface area contributed by atoms with E-state index in [1.54, 1.807) is 13.2 Å². The molecular weight excluding hydrogens is 365 g/mol. The molecule has 1 atom stereocenters. The van der Waals surface area contributed by atoms with E-state index >= 15 is 0 Å². The smallest absolute Gasteiger partial charge is 0.237 e. The Morgan fingerprint density at radius 2 is 1.92 bits per heavy atom. The van der Waals surface area contributed by atoms with Gasteiger partial charge >= 0.3 is 0 Å². The van der Waals surface area contributed by atoms with Crippen molar-refractivity contribution in [1.29, 1.82) is 0 Å². The molecule has 2 rings (SSSR count). The minimum absolute atomic E-state index is 0.0718. The lowest BCUT2D eigenvalue weighted by molar-refractivity contribution is -0.115. The van der Waals surface area contributed by atoms with E-state index in [-0.39, 0.29) is 11.2 Å². The SMILES string of the molecule is CCC(Sc1ccc(Cl)cc1)C(=O)Nc1cc(C)c(Cl)cc1OC. The predicted molar refractivity (Wildman–Crippen MR) is 103 cm³/mol. The number of rotatable bonds is 6. The molecule has 3 nitrogen and oxygen atoms in total. The van der Waals surface area contributed by atoms with Crippen molar-refractivity contribution in [2.75, 3.05) is 12.4 Å². The lowest BCUT2D eigenvalue weighted by atomic mass is 10.2. The van der Waals surface area contributed by atoms with Gasteiger partial charge in [-0.05, 0) is 49.2 Å². The number of carbonyl (C=O) groups is 1. The van der Waals surface area contributed by atoms with Gasteiger partial charge in [0.15, 0.2) is 0 Å². The maximum absolute atomic E-state index is 12.6. The molecule has 0 aliphatic rings. The number of halogens is 2. The standard InChI is InChI=1S/C18H19Cl2NO2S/c1-4-17(24-13-7-5-12(19)6-8-13)18(22)21-15-9-11(2)14(20)10-16(15)23-3/h5-10,17H,4H2,1-3H3,(H,21,22). The molecule has 2 aromatic carbocycles. The molecule has 1 unspecified atom stereocenters. The Morgan fingerprint density at radius 3 is 2.50 bits per heavy atom. The van der Waals surface area contributed by atoms with Crippen molar-refractivity contribution in [3.8, 4) is 5.75 Å². The van der Waals surface area contributed by atoms with Crippen molar-refractivity contribution in [3.63, 3.8) is 0 Å². The number of aryl methyl sites for hydroxylation is 1. The van der Waals surface area contributed by atoms with Gasteiger partial charge in [-0.2, -0.15) is 0 Å². The van der Waals surface area contributed by atoms with Crippen molar-refractivity contribution >= 4 is 46.6 Å². The van der Waals surface area contributed by atoms with Crippen LogP contribution < -0.4 is 10.1 Å². The van der Waals surface area contributed by atoms with Gasteiger partial charge in [0.1, 0.15) is 5.75 Å². The fourth-order valence-corrected chi connectivity index (χ4v) is 3.38. The largest absolute Gasteiger partial charge is 0.495 e. The van der Waals surface area contributed by atoms with Gasteiger partial charge in [0.25, 0.3) is 0 Å². The molecule has 0 bridgehead atoms. The topological polar surface area (TPSA) is 38.3 Å². The van der Waals surface area contributed by atoms with Gasteiger partial charge in [-0.25, -0.2) is 0 Å². The summed E-state index contributed by atoms with van der Waals surface area (Å²) in [7, 11) is 1.55. The van der Waals surface area contributed by atoms with Gasteiger partial charge < -0.3 is 10.1 Å². The fraction of sp³-hybridized carbons (Fsp3) is 0.278. The third kappa shape index (κ3) is 4.82. The summed E-state index contributed by atoms with van der Waals surface area (Å²) in [5, 5.41) is 4.01. The maximum Gasteiger partial charge on any atom is 0.237 e.